The highest BCUT2D eigenvalue weighted by Gasteiger charge is 2.31. The fraction of sp³-hybridized carbons (Fsp3) is 0.500. The Morgan fingerprint density at radius 3 is 2.00 bits per heavy atom. The molecule has 0 aliphatic rings. The zero-order valence-electron chi connectivity index (χ0n) is 10.6. The van der Waals surface area contributed by atoms with Crippen molar-refractivity contribution in [3.8, 4) is 5.75 Å². The van der Waals surface area contributed by atoms with E-state index < -0.39 is 19.0 Å². The van der Waals surface area contributed by atoms with Crippen LogP contribution in [0.4, 0.5) is 26.3 Å². The van der Waals surface area contributed by atoms with Crippen LogP contribution in [-0.2, 0) is 6.54 Å². The van der Waals surface area contributed by atoms with Crippen LogP contribution in [0, 0.1) is 0 Å². The van der Waals surface area contributed by atoms with Gasteiger partial charge in [0.15, 0.2) is 0 Å². The third-order valence-electron chi connectivity index (χ3n) is 2.39. The Hall–Kier alpha value is -1.44. The van der Waals surface area contributed by atoms with E-state index in [9.17, 15) is 26.3 Å². The zero-order valence-corrected chi connectivity index (χ0v) is 10.6. The predicted octanol–water partition coefficient (Wildman–Crippen LogP) is 3.97. The van der Waals surface area contributed by atoms with Gasteiger partial charge >= 0.3 is 12.5 Å². The van der Waals surface area contributed by atoms with Crippen LogP contribution in [0.3, 0.4) is 0 Å². The first-order valence-corrected chi connectivity index (χ1v) is 5.65. The monoisotopic (exact) mass is 301 g/mol. The third kappa shape index (κ3) is 7.22. The van der Waals surface area contributed by atoms with Crippen molar-refractivity contribution in [1.29, 1.82) is 0 Å². The van der Waals surface area contributed by atoms with Gasteiger partial charge in [-0.1, -0.05) is 12.1 Å². The molecule has 0 atom stereocenters. The van der Waals surface area contributed by atoms with Crippen molar-refractivity contribution < 1.29 is 31.1 Å². The molecule has 0 bridgehead atoms. The third-order valence-corrected chi connectivity index (χ3v) is 2.39. The van der Waals surface area contributed by atoms with Crippen molar-refractivity contribution in [1.82, 2.24) is 4.90 Å². The van der Waals surface area contributed by atoms with Crippen molar-refractivity contribution in [2.24, 2.45) is 0 Å². The summed E-state index contributed by atoms with van der Waals surface area (Å²) < 4.78 is 75.5. The molecule has 0 aliphatic heterocycles. The largest absolute Gasteiger partial charge is 0.573 e. The number of halogens is 6. The topological polar surface area (TPSA) is 12.5 Å². The number of hydrogen-bond donors (Lipinski definition) is 0. The minimum absolute atomic E-state index is 0.176. The zero-order chi connectivity index (χ0) is 15.4. The first-order chi connectivity index (χ1) is 9.05. The van der Waals surface area contributed by atoms with Crippen LogP contribution < -0.4 is 4.74 Å². The number of hydrogen-bond acceptors (Lipinski definition) is 2. The molecule has 0 fully saturated rings. The Morgan fingerprint density at radius 1 is 1.00 bits per heavy atom. The van der Waals surface area contributed by atoms with Gasteiger partial charge in [0.05, 0.1) is 6.42 Å². The normalized spacial score (nSPS) is 12.8. The van der Waals surface area contributed by atoms with Crippen molar-refractivity contribution in [3.05, 3.63) is 29.8 Å². The Kier molecular flexibility index (Phi) is 5.27. The molecule has 1 aromatic carbocycles. The van der Waals surface area contributed by atoms with Gasteiger partial charge in [-0.15, -0.1) is 13.2 Å². The van der Waals surface area contributed by atoms with Crippen molar-refractivity contribution >= 4 is 0 Å². The molecule has 2 nitrogen and oxygen atoms in total. The summed E-state index contributed by atoms with van der Waals surface area (Å²) in [6.45, 7) is 0.0344. The SMILES string of the molecule is CN(CCC(F)(F)F)Cc1ccc(OC(F)(F)F)cc1. The van der Waals surface area contributed by atoms with Gasteiger partial charge in [0.2, 0.25) is 0 Å². The summed E-state index contributed by atoms with van der Waals surface area (Å²) in [5.74, 6) is -0.362. The van der Waals surface area contributed by atoms with Gasteiger partial charge in [0.1, 0.15) is 5.75 Å². The number of rotatable bonds is 5. The van der Waals surface area contributed by atoms with E-state index in [0.717, 1.165) is 12.1 Å². The first-order valence-electron chi connectivity index (χ1n) is 5.65. The van der Waals surface area contributed by atoms with Gasteiger partial charge in [-0.3, -0.25) is 0 Å². The van der Waals surface area contributed by atoms with E-state index >= 15 is 0 Å². The van der Waals surface area contributed by atoms with Crippen LogP contribution in [0.25, 0.3) is 0 Å². The van der Waals surface area contributed by atoms with E-state index in [2.05, 4.69) is 4.74 Å². The summed E-state index contributed by atoms with van der Waals surface area (Å²) in [4.78, 5) is 1.44. The number of ether oxygens (including phenoxy) is 1. The van der Waals surface area contributed by atoms with Gasteiger partial charge in [-0.25, -0.2) is 0 Å². The maximum atomic E-state index is 12.0. The molecular formula is C12H13F6NO. The second-order valence-electron chi connectivity index (χ2n) is 4.29. The molecular weight excluding hydrogens is 288 g/mol. The lowest BCUT2D eigenvalue weighted by atomic mass is 10.2. The van der Waals surface area contributed by atoms with Crippen LogP contribution in [0.2, 0.25) is 0 Å². The minimum Gasteiger partial charge on any atom is -0.406 e. The van der Waals surface area contributed by atoms with E-state index in [1.807, 2.05) is 0 Å². The minimum atomic E-state index is -4.76. The standard InChI is InChI=1S/C12H13F6NO/c1-19(7-6-11(13,14)15)8-9-2-4-10(5-3-9)20-12(16,17)18/h2-5H,6-8H2,1H3. The predicted molar refractivity (Wildman–Crippen MR) is 60.1 cm³/mol. The van der Waals surface area contributed by atoms with Gasteiger partial charge in [0, 0.05) is 13.1 Å². The van der Waals surface area contributed by atoms with E-state index in [1.165, 1.54) is 24.1 Å². The van der Waals surface area contributed by atoms with Crippen LogP contribution in [0.5, 0.6) is 5.75 Å². The van der Waals surface area contributed by atoms with Crippen LogP contribution >= 0.6 is 0 Å². The molecule has 0 amide bonds. The van der Waals surface area contributed by atoms with Gasteiger partial charge in [-0.2, -0.15) is 13.2 Å². The highest BCUT2D eigenvalue weighted by molar-refractivity contribution is 5.27. The Labute approximate surface area is 111 Å². The summed E-state index contributed by atoms with van der Waals surface area (Å²) in [7, 11) is 1.51. The lowest BCUT2D eigenvalue weighted by Gasteiger charge is -2.18. The molecule has 0 spiro atoms. The lowest BCUT2D eigenvalue weighted by Crippen LogP contribution is -2.24. The summed E-state index contributed by atoms with van der Waals surface area (Å²) in [6, 6.07) is 5.01. The molecule has 0 aromatic heterocycles. The highest BCUT2D eigenvalue weighted by atomic mass is 19.4. The molecule has 8 heteroatoms. The number of benzene rings is 1. The van der Waals surface area contributed by atoms with Gasteiger partial charge < -0.3 is 9.64 Å². The van der Waals surface area contributed by atoms with Crippen molar-refractivity contribution in [2.75, 3.05) is 13.6 Å². The van der Waals surface area contributed by atoms with Crippen LogP contribution in [-0.4, -0.2) is 31.0 Å². The van der Waals surface area contributed by atoms with Crippen LogP contribution in [0.1, 0.15) is 12.0 Å². The molecule has 0 aliphatic carbocycles. The molecule has 0 saturated carbocycles. The maximum absolute atomic E-state index is 12.0. The Balaban J connectivity index is 2.49. The average molecular weight is 301 g/mol. The first kappa shape index (κ1) is 16.6. The molecule has 0 N–H and O–H groups in total. The van der Waals surface area contributed by atoms with Gasteiger partial charge in [0.25, 0.3) is 0 Å². The summed E-state index contributed by atoms with van der Waals surface area (Å²) in [5.41, 5.74) is 0.601. The maximum Gasteiger partial charge on any atom is 0.573 e. The molecule has 114 valence electrons. The van der Waals surface area contributed by atoms with Crippen molar-refractivity contribution in [2.45, 2.75) is 25.5 Å². The van der Waals surface area contributed by atoms with Crippen molar-refractivity contribution in [3.63, 3.8) is 0 Å². The molecule has 1 aromatic rings. The number of alkyl halides is 6. The molecule has 0 unspecified atom stereocenters. The molecule has 0 saturated heterocycles. The average Bonchev–Trinajstić information content (AvgIpc) is 2.26. The lowest BCUT2D eigenvalue weighted by molar-refractivity contribution is -0.274. The fourth-order valence-corrected chi connectivity index (χ4v) is 1.50. The Morgan fingerprint density at radius 2 is 1.55 bits per heavy atom. The smallest absolute Gasteiger partial charge is 0.406 e. The molecule has 0 heterocycles. The fourth-order valence-electron chi connectivity index (χ4n) is 1.50. The summed E-state index contributed by atoms with van der Waals surface area (Å²) in [6.07, 6.45) is -9.91. The molecule has 20 heavy (non-hydrogen) atoms. The highest BCUT2D eigenvalue weighted by Crippen LogP contribution is 2.23. The molecule has 1 rings (SSSR count). The second-order valence-corrected chi connectivity index (χ2v) is 4.29. The van der Waals surface area contributed by atoms with E-state index in [4.69, 9.17) is 0 Å². The van der Waals surface area contributed by atoms with Crippen LogP contribution in [0.15, 0.2) is 24.3 Å². The Bertz CT molecular complexity index is 411. The van der Waals surface area contributed by atoms with E-state index in [-0.39, 0.29) is 18.8 Å². The summed E-state index contributed by atoms with van der Waals surface area (Å²) in [5, 5.41) is 0. The quantitative estimate of drug-likeness (QED) is 0.763. The summed E-state index contributed by atoms with van der Waals surface area (Å²) >= 11 is 0. The van der Waals surface area contributed by atoms with E-state index in [0.29, 0.717) is 5.56 Å². The second kappa shape index (κ2) is 6.34. The van der Waals surface area contributed by atoms with E-state index in [1.54, 1.807) is 0 Å². The number of nitrogens with zero attached hydrogens (tertiary/aromatic N) is 1. The van der Waals surface area contributed by atoms with Gasteiger partial charge in [-0.05, 0) is 24.7 Å². The molecule has 0 radical (unpaired) electrons.